The molecule has 3 aromatic carbocycles. The molecule has 7 rings (SSSR count). The van der Waals surface area contributed by atoms with E-state index >= 15 is 0 Å². The molecule has 0 spiro atoms. The van der Waals surface area contributed by atoms with Crippen molar-refractivity contribution in [1.82, 2.24) is 0 Å². The smallest absolute Gasteiger partial charge is 0.335 e. The van der Waals surface area contributed by atoms with Crippen molar-refractivity contribution >= 4 is 45.8 Å². The maximum absolute atomic E-state index is 14.1. The third kappa shape index (κ3) is 3.57. The molecule has 3 aliphatic carbocycles. The number of nitrogens with zero attached hydrogens (tertiary/aromatic N) is 1. The summed E-state index contributed by atoms with van der Waals surface area (Å²) in [6, 6.07) is 16.4. The number of imide groups is 1. The molecule has 0 bridgehead atoms. The number of Topliss-reactive ketones (excluding diaryl/α,β-unsaturated/α-hetero) is 1. The lowest BCUT2D eigenvalue weighted by Crippen LogP contribution is -2.39. The molecule has 208 valence electrons. The molecule has 0 radical (unpaired) electrons. The molecule has 1 heterocycles. The largest absolute Gasteiger partial charge is 0.507 e. The van der Waals surface area contributed by atoms with Gasteiger partial charge in [-0.2, -0.15) is 0 Å². The van der Waals surface area contributed by atoms with Gasteiger partial charge in [0.1, 0.15) is 5.75 Å². The molecular formula is C34H25NO7. The minimum atomic E-state index is -1.17. The molecule has 0 unspecified atom stereocenters. The Morgan fingerprint density at radius 2 is 1.67 bits per heavy atom. The summed E-state index contributed by atoms with van der Waals surface area (Å²) in [5.74, 6) is -5.05. The van der Waals surface area contributed by atoms with Crippen LogP contribution in [0.25, 0.3) is 10.8 Å². The Kier molecular flexibility index (Phi) is 5.66. The number of aromatic hydroxyl groups is 1. The van der Waals surface area contributed by atoms with E-state index in [9.17, 15) is 34.2 Å². The molecule has 8 nitrogen and oxygen atoms in total. The highest BCUT2D eigenvalue weighted by atomic mass is 16.4. The van der Waals surface area contributed by atoms with Gasteiger partial charge in [-0.25, -0.2) is 4.79 Å². The fourth-order valence-corrected chi connectivity index (χ4v) is 7.33. The number of carboxylic acids is 1. The second kappa shape index (κ2) is 9.21. The van der Waals surface area contributed by atoms with Gasteiger partial charge in [0.2, 0.25) is 11.8 Å². The lowest BCUT2D eigenvalue weighted by Gasteiger charge is -2.42. The number of allylic oxidation sites excluding steroid dienone is 6. The summed E-state index contributed by atoms with van der Waals surface area (Å²) in [5, 5.41) is 21.4. The minimum absolute atomic E-state index is 0.0397. The number of hydrogen-bond acceptors (Lipinski definition) is 6. The van der Waals surface area contributed by atoms with Gasteiger partial charge in [-0.3, -0.25) is 24.1 Å². The standard InChI is InChI=1S/C34H25NO7/c1-16-13-27(37)30-25(31(16)38)15-24-22(28(30)21-11-12-26(36)20-8-3-2-7-19(20)21)9-10-23-29(24)33(40)35(32(23)39)18-6-4-5-17(14-18)34(41)42/h2-9,11-14,23-24,28-29,36H,10,15H2,1H3,(H,41,42)/t23-,24+,28-,29-/m0/s1. The van der Waals surface area contributed by atoms with Crippen LogP contribution in [0.15, 0.2) is 95.1 Å². The Hall–Kier alpha value is -5.11. The zero-order valence-electron chi connectivity index (χ0n) is 22.5. The van der Waals surface area contributed by atoms with E-state index < -0.39 is 41.5 Å². The van der Waals surface area contributed by atoms with Gasteiger partial charge < -0.3 is 10.2 Å². The fourth-order valence-electron chi connectivity index (χ4n) is 7.33. The fraction of sp³-hybridized carbons (Fsp3) is 0.206. The highest BCUT2D eigenvalue weighted by Gasteiger charge is 2.56. The monoisotopic (exact) mass is 559 g/mol. The predicted molar refractivity (Wildman–Crippen MR) is 153 cm³/mol. The molecule has 2 amide bonds. The van der Waals surface area contributed by atoms with Crippen LogP contribution in [-0.4, -0.2) is 39.6 Å². The molecule has 2 N–H and O–H groups in total. The van der Waals surface area contributed by atoms with E-state index in [0.29, 0.717) is 22.1 Å². The van der Waals surface area contributed by atoms with Gasteiger partial charge in [-0.15, -0.1) is 0 Å². The number of phenols is 1. The molecule has 4 atom stereocenters. The Morgan fingerprint density at radius 1 is 0.905 bits per heavy atom. The number of amides is 2. The number of hydrogen-bond donors (Lipinski definition) is 2. The maximum atomic E-state index is 14.1. The van der Waals surface area contributed by atoms with Crippen molar-refractivity contribution in [2.75, 3.05) is 4.90 Å². The molecule has 0 aromatic heterocycles. The first kappa shape index (κ1) is 25.8. The van der Waals surface area contributed by atoms with Crippen molar-refractivity contribution in [3.8, 4) is 5.75 Å². The highest BCUT2D eigenvalue weighted by Crippen LogP contribution is 2.56. The SMILES string of the molecule is CC1=CC(=O)C2=C(C[C@@H]3C(=CC[C@@H]4C(=O)N(c5cccc(C(=O)O)c5)C(=O)[C@@H]43)[C@@H]2c2ccc(O)c3ccccc23)C1=O. The van der Waals surface area contributed by atoms with Crippen LogP contribution in [0.1, 0.15) is 41.6 Å². The third-order valence-corrected chi connectivity index (χ3v) is 9.16. The van der Waals surface area contributed by atoms with Crippen molar-refractivity contribution in [2.24, 2.45) is 17.8 Å². The lowest BCUT2D eigenvalue weighted by molar-refractivity contribution is -0.123. The molecule has 1 aliphatic heterocycles. The molecule has 3 aromatic rings. The van der Waals surface area contributed by atoms with Crippen LogP contribution < -0.4 is 4.90 Å². The van der Waals surface area contributed by atoms with E-state index in [1.54, 1.807) is 25.1 Å². The number of benzene rings is 3. The van der Waals surface area contributed by atoms with E-state index in [2.05, 4.69) is 0 Å². The van der Waals surface area contributed by atoms with Crippen molar-refractivity contribution in [2.45, 2.75) is 25.7 Å². The van der Waals surface area contributed by atoms with Gasteiger partial charge >= 0.3 is 5.97 Å². The average Bonchev–Trinajstić information content (AvgIpc) is 3.25. The summed E-state index contributed by atoms with van der Waals surface area (Å²) in [6.07, 6.45) is 3.72. The first-order chi connectivity index (χ1) is 20.2. The number of aromatic carboxylic acids is 1. The van der Waals surface area contributed by atoms with Crippen LogP contribution in [0.3, 0.4) is 0 Å². The van der Waals surface area contributed by atoms with Crippen LogP contribution >= 0.6 is 0 Å². The van der Waals surface area contributed by atoms with Gasteiger partial charge in [0.05, 0.1) is 23.1 Å². The number of anilines is 1. The second-order valence-corrected chi connectivity index (χ2v) is 11.3. The minimum Gasteiger partial charge on any atom is -0.507 e. The molecular weight excluding hydrogens is 534 g/mol. The van der Waals surface area contributed by atoms with Gasteiger partial charge in [-0.1, -0.05) is 48.0 Å². The van der Waals surface area contributed by atoms with Crippen molar-refractivity contribution in [3.05, 3.63) is 106 Å². The summed E-state index contributed by atoms with van der Waals surface area (Å²) in [6.45, 7) is 1.60. The predicted octanol–water partition coefficient (Wildman–Crippen LogP) is 4.88. The van der Waals surface area contributed by atoms with Crippen LogP contribution in [-0.2, 0) is 19.2 Å². The molecule has 42 heavy (non-hydrogen) atoms. The maximum Gasteiger partial charge on any atom is 0.335 e. The average molecular weight is 560 g/mol. The third-order valence-electron chi connectivity index (χ3n) is 9.16. The van der Waals surface area contributed by atoms with Crippen LogP contribution in [0.4, 0.5) is 5.69 Å². The van der Waals surface area contributed by atoms with Gasteiger partial charge in [0, 0.05) is 28.0 Å². The van der Waals surface area contributed by atoms with Gasteiger partial charge in [0.25, 0.3) is 0 Å². The number of carbonyl (C=O) groups excluding carboxylic acids is 4. The Labute approximate surface area is 240 Å². The summed E-state index contributed by atoms with van der Waals surface area (Å²) < 4.78 is 0. The van der Waals surface area contributed by atoms with Gasteiger partial charge in [-0.05, 0) is 67.0 Å². The number of phenolic OH excluding ortho intramolecular Hbond substituents is 1. The molecule has 8 heteroatoms. The number of fused-ring (bicyclic) bond motifs is 4. The lowest BCUT2D eigenvalue weighted by atomic mass is 9.59. The van der Waals surface area contributed by atoms with E-state index in [0.717, 1.165) is 21.4 Å². The Bertz CT molecular complexity index is 1890. The molecule has 0 saturated carbocycles. The highest BCUT2D eigenvalue weighted by molar-refractivity contribution is 6.25. The first-order valence-corrected chi connectivity index (χ1v) is 13.8. The van der Waals surface area contributed by atoms with Crippen LogP contribution in [0.5, 0.6) is 5.75 Å². The van der Waals surface area contributed by atoms with Gasteiger partial charge in [0.15, 0.2) is 11.6 Å². The number of carboxylic acid groups (broad SMARTS) is 1. The molecule has 1 saturated heterocycles. The first-order valence-electron chi connectivity index (χ1n) is 13.8. The van der Waals surface area contributed by atoms with E-state index in [4.69, 9.17) is 0 Å². The second-order valence-electron chi connectivity index (χ2n) is 11.3. The molecule has 4 aliphatic rings. The zero-order valence-corrected chi connectivity index (χ0v) is 22.5. The van der Waals surface area contributed by atoms with Crippen LogP contribution in [0.2, 0.25) is 0 Å². The number of rotatable bonds is 3. The summed E-state index contributed by atoms with van der Waals surface area (Å²) in [4.78, 5) is 67.5. The van der Waals surface area contributed by atoms with E-state index in [1.807, 2.05) is 24.3 Å². The topological polar surface area (TPSA) is 129 Å². The number of carbonyl (C=O) groups is 5. The summed E-state index contributed by atoms with van der Waals surface area (Å²) in [7, 11) is 0. The summed E-state index contributed by atoms with van der Waals surface area (Å²) in [5.41, 5.74) is 2.77. The molecule has 1 fully saturated rings. The Balaban J connectivity index is 1.40. The van der Waals surface area contributed by atoms with Crippen LogP contribution in [0, 0.1) is 17.8 Å². The quantitative estimate of drug-likeness (QED) is 0.266. The van der Waals surface area contributed by atoms with Crippen molar-refractivity contribution in [3.63, 3.8) is 0 Å². The Morgan fingerprint density at radius 3 is 2.43 bits per heavy atom. The van der Waals surface area contributed by atoms with Crippen molar-refractivity contribution < 1.29 is 34.2 Å². The summed E-state index contributed by atoms with van der Waals surface area (Å²) >= 11 is 0. The van der Waals surface area contributed by atoms with E-state index in [-0.39, 0.29) is 41.4 Å². The van der Waals surface area contributed by atoms with E-state index in [1.165, 1.54) is 30.3 Å². The zero-order chi connectivity index (χ0) is 29.4. The normalized spacial score (nSPS) is 25.2. The van der Waals surface area contributed by atoms with Crippen molar-refractivity contribution in [1.29, 1.82) is 0 Å². The number of ketones is 2.